The third-order valence-electron chi connectivity index (χ3n) is 6.96. The first-order chi connectivity index (χ1) is 22.8. The van der Waals surface area contributed by atoms with Crippen molar-refractivity contribution in [3.63, 3.8) is 0 Å². The standard InChI is InChI=1S/C38H63O8P/c1-3-5-7-9-11-13-15-17-19-21-23-25-27-29-31-33-38(40)46-36(35-45-47(41,42)43)34-44-37(39)32-30-28-26-24-22-20-18-16-14-12-10-8-6-4-2/h5,7,10-13,16-19,23,25,36H,3-4,6,8-9,14-15,20-22,24,26-35H2,1-2H3,(H2,41,42,43)/b7-5+,12-10+,13-11+,18-16+,19-17+,25-23+/t36-/m1/s1. The van der Waals surface area contributed by atoms with E-state index in [0.29, 0.717) is 12.8 Å². The molecule has 0 amide bonds. The molecule has 8 nitrogen and oxygen atoms in total. The van der Waals surface area contributed by atoms with Crippen LogP contribution >= 0.6 is 7.82 Å². The number of hydrogen-bond acceptors (Lipinski definition) is 6. The van der Waals surface area contributed by atoms with Crippen LogP contribution in [-0.4, -0.2) is 41.0 Å². The molecule has 0 heterocycles. The van der Waals surface area contributed by atoms with Crippen LogP contribution in [0.3, 0.4) is 0 Å². The fourth-order valence-electron chi connectivity index (χ4n) is 4.32. The Balaban J connectivity index is 4.12. The zero-order valence-corrected chi connectivity index (χ0v) is 30.0. The summed E-state index contributed by atoms with van der Waals surface area (Å²) < 4.78 is 26.2. The Bertz CT molecular complexity index is 990. The minimum atomic E-state index is -4.77. The van der Waals surface area contributed by atoms with Crippen LogP contribution in [0, 0.1) is 0 Å². The van der Waals surface area contributed by atoms with Crippen LogP contribution in [0.2, 0.25) is 0 Å². The highest BCUT2D eigenvalue weighted by atomic mass is 31.2. The number of unbranched alkanes of at least 4 members (excludes halogenated alkanes) is 9. The van der Waals surface area contributed by atoms with Crippen LogP contribution in [0.15, 0.2) is 72.9 Å². The number of phosphoric ester groups is 1. The SMILES string of the molecule is CC/C=C/C/C=C/C/C=C/C/C=C/CCCCC(=O)O[C@H](COC(=O)CCCCCCC/C=C/C/C=C/CCCC)COP(=O)(O)O. The number of esters is 2. The zero-order valence-electron chi connectivity index (χ0n) is 29.1. The molecule has 0 bridgehead atoms. The lowest BCUT2D eigenvalue weighted by Gasteiger charge is -2.18. The van der Waals surface area contributed by atoms with E-state index in [9.17, 15) is 14.2 Å². The minimum Gasteiger partial charge on any atom is -0.462 e. The molecule has 268 valence electrons. The van der Waals surface area contributed by atoms with Crippen molar-refractivity contribution in [2.45, 2.75) is 142 Å². The summed E-state index contributed by atoms with van der Waals surface area (Å²) in [7, 11) is -4.77. The molecule has 0 unspecified atom stereocenters. The van der Waals surface area contributed by atoms with Crippen LogP contribution in [0.1, 0.15) is 136 Å². The van der Waals surface area contributed by atoms with Gasteiger partial charge in [0.1, 0.15) is 6.61 Å². The van der Waals surface area contributed by atoms with Gasteiger partial charge in [0.25, 0.3) is 0 Å². The number of carbonyl (C=O) groups is 2. The maximum absolute atomic E-state index is 12.3. The van der Waals surface area contributed by atoms with Gasteiger partial charge in [0.15, 0.2) is 6.10 Å². The van der Waals surface area contributed by atoms with Crippen molar-refractivity contribution in [2.24, 2.45) is 0 Å². The van der Waals surface area contributed by atoms with E-state index >= 15 is 0 Å². The fourth-order valence-corrected chi connectivity index (χ4v) is 4.68. The quantitative estimate of drug-likeness (QED) is 0.0322. The second-order valence-electron chi connectivity index (χ2n) is 11.5. The summed E-state index contributed by atoms with van der Waals surface area (Å²) in [5.41, 5.74) is 0. The second-order valence-corrected chi connectivity index (χ2v) is 12.7. The Morgan fingerprint density at radius 3 is 1.57 bits per heavy atom. The summed E-state index contributed by atoms with van der Waals surface area (Å²) in [6.45, 7) is 3.45. The Morgan fingerprint density at radius 1 is 0.574 bits per heavy atom. The molecule has 47 heavy (non-hydrogen) atoms. The van der Waals surface area contributed by atoms with Crippen LogP contribution in [0.5, 0.6) is 0 Å². The van der Waals surface area contributed by atoms with Crippen LogP contribution in [0.25, 0.3) is 0 Å². The first kappa shape index (κ1) is 44.5. The van der Waals surface area contributed by atoms with E-state index in [1.807, 2.05) is 0 Å². The van der Waals surface area contributed by atoms with Crippen molar-refractivity contribution in [3.05, 3.63) is 72.9 Å². The highest BCUT2D eigenvalue weighted by Gasteiger charge is 2.22. The lowest BCUT2D eigenvalue weighted by molar-refractivity contribution is -0.161. The summed E-state index contributed by atoms with van der Waals surface area (Å²) in [6.07, 6.45) is 41.9. The van der Waals surface area contributed by atoms with E-state index in [0.717, 1.165) is 83.5 Å². The van der Waals surface area contributed by atoms with Crippen LogP contribution in [0.4, 0.5) is 0 Å². The summed E-state index contributed by atoms with van der Waals surface area (Å²) in [5, 5.41) is 0. The van der Waals surface area contributed by atoms with Crippen molar-refractivity contribution >= 4 is 19.8 Å². The van der Waals surface area contributed by atoms with Gasteiger partial charge in [-0.1, -0.05) is 119 Å². The molecule has 9 heteroatoms. The predicted octanol–water partition coefficient (Wildman–Crippen LogP) is 10.3. The van der Waals surface area contributed by atoms with Crippen molar-refractivity contribution in [2.75, 3.05) is 13.2 Å². The molecule has 0 rings (SSSR count). The van der Waals surface area contributed by atoms with Gasteiger partial charge in [-0.2, -0.15) is 0 Å². The number of carbonyl (C=O) groups excluding carboxylic acids is 2. The molecule has 0 aromatic heterocycles. The third kappa shape index (κ3) is 36.2. The molecule has 1 atom stereocenters. The maximum atomic E-state index is 12.3. The molecule has 0 aliphatic carbocycles. The van der Waals surface area contributed by atoms with E-state index in [1.165, 1.54) is 12.8 Å². The largest absolute Gasteiger partial charge is 0.469 e. The van der Waals surface area contributed by atoms with E-state index in [1.54, 1.807) is 0 Å². The van der Waals surface area contributed by atoms with Gasteiger partial charge < -0.3 is 19.3 Å². The monoisotopic (exact) mass is 678 g/mol. The summed E-state index contributed by atoms with van der Waals surface area (Å²) in [5.74, 6) is -0.959. The average molecular weight is 679 g/mol. The predicted molar refractivity (Wildman–Crippen MR) is 193 cm³/mol. The number of allylic oxidation sites excluding steroid dienone is 12. The van der Waals surface area contributed by atoms with Gasteiger partial charge in [-0.3, -0.25) is 14.1 Å². The van der Waals surface area contributed by atoms with Gasteiger partial charge in [-0.05, 0) is 77.0 Å². The average Bonchev–Trinajstić information content (AvgIpc) is 3.03. The first-order valence-electron chi connectivity index (χ1n) is 17.7. The van der Waals surface area contributed by atoms with Gasteiger partial charge in [-0.25, -0.2) is 4.57 Å². The Morgan fingerprint density at radius 2 is 1.02 bits per heavy atom. The maximum Gasteiger partial charge on any atom is 0.469 e. The molecule has 0 aromatic carbocycles. The topological polar surface area (TPSA) is 119 Å². The van der Waals surface area contributed by atoms with Crippen LogP contribution < -0.4 is 0 Å². The van der Waals surface area contributed by atoms with Gasteiger partial charge in [-0.15, -0.1) is 0 Å². The summed E-state index contributed by atoms with van der Waals surface area (Å²) >= 11 is 0. The van der Waals surface area contributed by atoms with Gasteiger partial charge in [0.2, 0.25) is 0 Å². The van der Waals surface area contributed by atoms with Gasteiger partial charge >= 0.3 is 19.8 Å². The van der Waals surface area contributed by atoms with Crippen molar-refractivity contribution < 1.29 is 37.9 Å². The molecular formula is C38H63O8P. The van der Waals surface area contributed by atoms with E-state index in [4.69, 9.17) is 19.3 Å². The fraction of sp³-hybridized carbons (Fsp3) is 0.632. The van der Waals surface area contributed by atoms with E-state index < -0.39 is 32.5 Å². The molecule has 0 saturated heterocycles. The van der Waals surface area contributed by atoms with Crippen molar-refractivity contribution in [3.8, 4) is 0 Å². The minimum absolute atomic E-state index is 0.153. The molecule has 0 aliphatic heterocycles. The molecule has 0 aliphatic rings. The molecular weight excluding hydrogens is 615 g/mol. The second kappa shape index (κ2) is 33.4. The molecule has 2 N–H and O–H groups in total. The normalized spacial score (nSPS) is 13.4. The molecule has 0 radical (unpaired) electrons. The number of ether oxygens (including phenoxy) is 2. The van der Waals surface area contributed by atoms with Gasteiger partial charge in [0.05, 0.1) is 6.61 Å². The lowest BCUT2D eigenvalue weighted by Crippen LogP contribution is -2.29. The molecule has 0 saturated carbocycles. The number of hydrogen-bond donors (Lipinski definition) is 2. The highest BCUT2D eigenvalue weighted by molar-refractivity contribution is 7.46. The molecule has 0 fully saturated rings. The highest BCUT2D eigenvalue weighted by Crippen LogP contribution is 2.35. The smallest absolute Gasteiger partial charge is 0.462 e. The molecule has 0 spiro atoms. The first-order valence-corrected chi connectivity index (χ1v) is 19.3. The van der Waals surface area contributed by atoms with Crippen molar-refractivity contribution in [1.29, 1.82) is 0 Å². The van der Waals surface area contributed by atoms with Gasteiger partial charge in [0, 0.05) is 12.8 Å². The molecule has 0 aromatic rings. The Kier molecular flexibility index (Phi) is 31.6. The van der Waals surface area contributed by atoms with Crippen molar-refractivity contribution in [1.82, 2.24) is 0 Å². The summed E-state index contributed by atoms with van der Waals surface area (Å²) in [6, 6.07) is 0. The van der Waals surface area contributed by atoms with Crippen LogP contribution in [-0.2, 0) is 28.2 Å². The third-order valence-corrected chi connectivity index (χ3v) is 7.44. The number of rotatable bonds is 31. The van der Waals surface area contributed by atoms with E-state index in [-0.39, 0.29) is 19.4 Å². The summed E-state index contributed by atoms with van der Waals surface area (Å²) in [4.78, 5) is 42.6. The Hall–Kier alpha value is -2.51. The number of phosphoric acid groups is 1. The lowest BCUT2D eigenvalue weighted by atomic mass is 10.1. The Labute approximate surface area is 285 Å². The zero-order chi connectivity index (χ0) is 34.7. The van der Waals surface area contributed by atoms with E-state index in [2.05, 4.69) is 91.3 Å².